The van der Waals surface area contributed by atoms with Crippen LogP contribution in [0.25, 0.3) is 0 Å². The summed E-state index contributed by atoms with van der Waals surface area (Å²) in [6.45, 7) is 3.43. The van der Waals surface area contributed by atoms with Crippen LogP contribution in [-0.2, 0) is 4.74 Å². The van der Waals surface area contributed by atoms with Crippen LogP contribution in [-0.4, -0.2) is 19.3 Å². The Hall–Kier alpha value is -1.10. The van der Waals surface area contributed by atoms with Gasteiger partial charge in [-0.15, -0.1) is 0 Å². The number of hydrazine groups is 1. The molecule has 3 N–H and O–H groups in total. The van der Waals surface area contributed by atoms with Gasteiger partial charge < -0.3 is 9.47 Å². The van der Waals surface area contributed by atoms with Gasteiger partial charge in [0, 0.05) is 6.61 Å². The van der Waals surface area contributed by atoms with Crippen LogP contribution >= 0.6 is 0 Å². The summed E-state index contributed by atoms with van der Waals surface area (Å²) in [5.41, 5.74) is 3.90. The molecule has 0 heterocycles. The van der Waals surface area contributed by atoms with Crippen LogP contribution in [0.2, 0.25) is 0 Å². The maximum atomic E-state index is 5.78. The standard InChI is InChI=1S/C14H22N2O2/c1-2-8-17-10-14(16-15)11-4-3-5-13(9-11)18-12-6-7-12/h3-5,9,12,14,16H,2,6-8,10,15H2,1H3. The van der Waals surface area contributed by atoms with Crippen LogP contribution in [0.3, 0.4) is 0 Å². The van der Waals surface area contributed by atoms with E-state index >= 15 is 0 Å². The SMILES string of the molecule is CCCOCC(NN)c1cccc(OC2CC2)c1. The summed E-state index contributed by atoms with van der Waals surface area (Å²) in [6.07, 6.45) is 3.77. The van der Waals surface area contributed by atoms with Crippen LogP contribution in [0, 0.1) is 0 Å². The van der Waals surface area contributed by atoms with Crippen molar-refractivity contribution < 1.29 is 9.47 Å². The molecule has 4 nitrogen and oxygen atoms in total. The third kappa shape index (κ3) is 3.98. The lowest BCUT2D eigenvalue weighted by atomic mass is 10.1. The highest BCUT2D eigenvalue weighted by Crippen LogP contribution is 2.28. The predicted molar refractivity (Wildman–Crippen MR) is 71.3 cm³/mol. The van der Waals surface area contributed by atoms with Gasteiger partial charge in [-0.05, 0) is 37.0 Å². The molecule has 0 spiro atoms. The Morgan fingerprint density at radius 3 is 2.94 bits per heavy atom. The van der Waals surface area contributed by atoms with E-state index in [2.05, 4.69) is 12.3 Å². The van der Waals surface area contributed by atoms with Crippen molar-refractivity contribution in [1.82, 2.24) is 5.43 Å². The van der Waals surface area contributed by atoms with Crippen molar-refractivity contribution >= 4 is 0 Å². The Morgan fingerprint density at radius 2 is 2.28 bits per heavy atom. The molecule has 4 heteroatoms. The first-order valence-electron chi connectivity index (χ1n) is 6.64. The highest BCUT2D eigenvalue weighted by Gasteiger charge is 2.23. The van der Waals surface area contributed by atoms with Gasteiger partial charge in [-0.1, -0.05) is 19.1 Å². The Kier molecular flexibility index (Phi) is 4.99. The third-order valence-corrected chi connectivity index (χ3v) is 2.92. The topological polar surface area (TPSA) is 56.5 Å². The Balaban J connectivity index is 1.95. The molecule has 1 saturated carbocycles. The third-order valence-electron chi connectivity index (χ3n) is 2.92. The molecule has 0 radical (unpaired) electrons. The first-order chi connectivity index (χ1) is 8.83. The molecule has 1 aliphatic rings. The summed E-state index contributed by atoms with van der Waals surface area (Å²) in [7, 11) is 0. The Bertz CT molecular complexity index is 367. The van der Waals surface area contributed by atoms with Gasteiger partial charge in [0.2, 0.25) is 0 Å². The van der Waals surface area contributed by atoms with Gasteiger partial charge in [-0.3, -0.25) is 11.3 Å². The second-order valence-electron chi connectivity index (χ2n) is 4.68. The van der Waals surface area contributed by atoms with Gasteiger partial charge >= 0.3 is 0 Å². The van der Waals surface area contributed by atoms with Crippen molar-refractivity contribution in [3.05, 3.63) is 29.8 Å². The highest BCUT2D eigenvalue weighted by atomic mass is 16.5. The molecule has 0 saturated heterocycles. The summed E-state index contributed by atoms with van der Waals surface area (Å²) in [4.78, 5) is 0. The summed E-state index contributed by atoms with van der Waals surface area (Å²) in [5, 5.41) is 0. The number of hydrogen-bond acceptors (Lipinski definition) is 4. The molecule has 1 aromatic rings. The van der Waals surface area contributed by atoms with Crippen LogP contribution in [0.1, 0.15) is 37.8 Å². The summed E-state index contributed by atoms with van der Waals surface area (Å²) in [6, 6.07) is 8.08. The van der Waals surface area contributed by atoms with Crippen LogP contribution in [0.4, 0.5) is 0 Å². The summed E-state index contributed by atoms with van der Waals surface area (Å²) < 4.78 is 11.3. The quantitative estimate of drug-likeness (QED) is 0.422. The van der Waals surface area contributed by atoms with Gasteiger partial charge in [0.05, 0.1) is 18.8 Å². The van der Waals surface area contributed by atoms with E-state index in [1.165, 1.54) is 12.8 Å². The van der Waals surface area contributed by atoms with Crippen molar-refractivity contribution in [2.45, 2.75) is 38.3 Å². The lowest BCUT2D eigenvalue weighted by molar-refractivity contribution is 0.112. The average Bonchev–Trinajstić information content (AvgIpc) is 3.19. The van der Waals surface area contributed by atoms with Crippen LogP contribution < -0.4 is 16.0 Å². The van der Waals surface area contributed by atoms with E-state index in [1.54, 1.807) is 0 Å². The lowest BCUT2D eigenvalue weighted by Gasteiger charge is -2.17. The smallest absolute Gasteiger partial charge is 0.120 e. The normalized spacial score (nSPS) is 16.6. The van der Waals surface area contributed by atoms with E-state index < -0.39 is 0 Å². The molecule has 1 unspecified atom stereocenters. The Labute approximate surface area is 108 Å². The fourth-order valence-corrected chi connectivity index (χ4v) is 1.77. The van der Waals surface area contributed by atoms with Gasteiger partial charge in [0.25, 0.3) is 0 Å². The molecule has 0 bridgehead atoms. The number of nitrogens with one attached hydrogen (secondary N) is 1. The lowest BCUT2D eigenvalue weighted by Crippen LogP contribution is -2.31. The predicted octanol–water partition coefficient (Wildman–Crippen LogP) is 2.16. The van der Waals surface area contributed by atoms with Gasteiger partial charge in [-0.2, -0.15) is 0 Å². The van der Waals surface area contributed by atoms with E-state index in [1.807, 2.05) is 24.3 Å². The zero-order valence-corrected chi connectivity index (χ0v) is 10.9. The van der Waals surface area contributed by atoms with Crippen molar-refractivity contribution in [3.8, 4) is 5.75 Å². The molecule has 0 amide bonds. The van der Waals surface area contributed by atoms with Gasteiger partial charge in [0.1, 0.15) is 5.75 Å². The van der Waals surface area contributed by atoms with Gasteiger partial charge in [-0.25, -0.2) is 0 Å². The number of rotatable bonds is 8. The van der Waals surface area contributed by atoms with Crippen LogP contribution in [0.15, 0.2) is 24.3 Å². The molecule has 1 aromatic carbocycles. The van der Waals surface area contributed by atoms with Crippen LogP contribution in [0.5, 0.6) is 5.75 Å². The fraction of sp³-hybridized carbons (Fsp3) is 0.571. The van der Waals surface area contributed by atoms with E-state index in [-0.39, 0.29) is 6.04 Å². The molecule has 100 valence electrons. The van der Waals surface area contributed by atoms with E-state index in [4.69, 9.17) is 15.3 Å². The Morgan fingerprint density at radius 1 is 1.44 bits per heavy atom. The number of benzene rings is 1. The first-order valence-corrected chi connectivity index (χ1v) is 6.64. The minimum atomic E-state index is 0.0132. The number of nitrogens with two attached hydrogens (primary N) is 1. The summed E-state index contributed by atoms with van der Waals surface area (Å²) in [5.74, 6) is 6.50. The second-order valence-corrected chi connectivity index (χ2v) is 4.68. The molecule has 0 aromatic heterocycles. The van der Waals surface area contributed by atoms with E-state index in [0.29, 0.717) is 12.7 Å². The zero-order valence-electron chi connectivity index (χ0n) is 10.9. The highest BCUT2D eigenvalue weighted by molar-refractivity contribution is 5.31. The zero-order chi connectivity index (χ0) is 12.8. The monoisotopic (exact) mass is 250 g/mol. The van der Waals surface area contributed by atoms with E-state index in [9.17, 15) is 0 Å². The minimum absolute atomic E-state index is 0.0132. The molecular formula is C14H22N2O2. The molecule has 1 atom stereocenters. The van der Waals surface area contributed by atoms with Crippen molar-refractivity contribution in [3.63, 3.8) is 0 Å². The minimum Gasteiger partial charge on any atom is -0.490 e. The van der Waals surface area contributed by atoms with Crippen molar-refractivity contribution in [1.29, 1.82) is 0 Å². The van der Waals surface area contributed by atoms with Crippen molar-refractivity contribution in [2.75, 3.05) is 13.2 Å². The molecule has 18 heavy (non-hydrogen) atoms. The molecule has 1 fully saturated rings. The molecule has 2 rings (SSSR count). The van der Waals surface area contributed by atoms with Gasteiger partial charge in [0.15, 0.2) is 0 Å². The largest absolute Gasteiger partial charge is 0.490 e. The first kappa shape index (κ1) is 13.3. The van der Waals surface area contributed by atoms with E-state index in [0.717, 1.165) is 24.3 Å². The van der Waals surface area contributed by atoms with Crippen molar-refractivity contribution in [2.24, 2.45) is 5.84 Å². The molecule has 0 aliphatic heterocycles. The average molecular weight is 250 g/mol. The molecular weight excluding hydrogens is 228 g/mol. The molecule has 1 aliphatic carbocycles. The fourth-order valence-electron chi connectivity index (χ4n) is 1.77. The maximum Gasteiger partial charge on any atom is 0.120 e. The summed E-state index contributed by atoms with van der Waals surface area (Å²) >= 11 is 0. The number of hydrogen-bond donors (Lipinski definition) is 2. The second kappa shape index (κ2) is 6.73. The number of ether oxygens (including phenoxy) is 2. The maximum absolute atomic E-state index is 5.78.